The summed E-state index contributed by atoms with van der Waals surface area (Å²) in [6.45, 7) is 0. The number of carboxylic acids is 1. The van der Waals surface area contributed by atoms with E-state index in [4.69, 9.17) is 15.6 Å². The lowest BCUT2D eigenvalue weighted by Crippen LogP contribution is -2.02. The molecule has 1 aromatic carbocycles. The van der Waals surface area contributed by atoms with Crippen LogP contribution in [-0.4, -0.2) is 23.3 Å². The van der Waals surface area contributed by atoms with Crippen LogP contribution in [0.4, 0.5) is 5.69 Å². The van der Waals surface area contributed by atoms with Gasteiger partial charge < -0.3 is 20.7 Å². The van der Waals surface area contributed by atoms with Crippen molar-refractivity contribution in [3.63, 3.8) is 0 Å². The van der Waals surface area contributed by atoms with Crippen LogP contribution in [0.1, 0.15) is 10.4 Å². The van der Waals surface area contributed by atoms with Crippen LogP contribution >= 0.6 is 15.9 Å². The first-order chi connectivity index (χ1) is 6.49. The van der Waals surface area contributed by atoms with Crippen molar-refractivity contribution in [2.45, 2.75) is 0 Å². The number of hydrogen-bond donors (Lipinski definition) is 3. The van der Waals surface area contributed by atoms with Crippen molar-refractivity contribution in [3.8, 4) is 11.5 Å². The smallest absolute Gasteiger partial charge is 0.340 e. The number of nitrogens with two attached hydrogens (primary N) is 1. The highest BCUT2D eigenvalue weighted by Gasteiger charge is 2.20. The standard InChI is InChI=1S/C8H8BrNO4/c1-14-4-2-3(10)6(9)5(7(4)11)8(12)13/h2,11H,10H2,1H3,(H,12,13). The Hall–Kier alpha value is -1.43. The predicted octanol–water partition coefficient (Wildman–Crippen LogP) is 1.44. The van der Waals surface area contributed by atoms with Crippen molar-refractivity contribution < 1.29 is 19.7 Å². The molecule has 0 aliphatic carbocycles. The molecule has 4 N–H and O–H groups in total. The number of carbonyl (C=O) groups is 1. The van der Waals surface area contributed by atoms with Crippen LogP contribution in [0.2, 0.25) is 0 Å². The van der Waals surface area contributed by atoms with E-state index in [2.05, 4.69) is 15.9 Å². The van der Waals surface area contributed by atoms with Crippen molar-refractivity contribution in [2.75, 3.05) is 12.8 Å². The fourth-order valence-corrected chi connectivity index (χ4v) is 1.47. The number of benzene rings is 1. The summed E-state index contributed by atoms with van der Waals surface area (Å²) < 4.78 is 4.90. The molecule has 1 aromatic rings. The fourth-order valence-electron chi connectivity index (χ4n) is 0.995. The Bertz CT molecular complexity index is 391. The minimum atomic E-state index is -1.28. The summed E-state index contributed by atoms with van der Waals surface area (Å²) in [5.74, 6) is -1.69. The number of aromatic carboxylic acids is 1. The molecule has 0 amide bonds. The second kappa shape index (κ2) is 3.75. The van der Waals surface area contributed by atoms with Gasteiger partial charge in [-0.2, -0.15) is 0 Å². The van der Waals surface area contributed by atoms with Crippen LogP contribution in [0.5, 0.6) is 11.5 Å². The molecule has 76 valence electrons. The van der Waals surface area contributed by atoms with Crippen LogP contribution in [-0.2, 0) is 0 Å². The van der Waals surface area contributed by atoms with Gasteiger partial charge in [0.1, 0.15) is 5.56 Å². The molecule has 6 heteroatoms. The van der Waals surface area contributed by atoms with Gasteiger partial charge in [-0.3, -0.25) is 0 Å². The van der Waals surface area contributed by atoms with Crippen molar-refractivity contribution in [1.29, 1.82) is 0 Å². The Kier molecular flexibility index (Phi) is 2.85. The van der Waals surface area contributed by atoms with Gasteiger partial charge in [-0.25, -0.2) is 4.79 Å². The monoisotopic (exact) mass is 261 g/mol. The summed E-state index contributed by atoms with van der Waals surface area (Å²) in [5.41, 5.74) is 5.39. The van der Waals surface area contributed by atoms with Crippen molar-refractivity contribution in [2.24, 2.45) is 0 Å². The SMILES string of the molecule is COc1cc(N)c(Br)c(C(=O)O)c1O. The number of rotatable bonds is 2. The Labute approximate surface area is 88.2 Å². The average molecular weight is 262 g/mol. The lowest BCUT2D eigenvalue weighted by atomic mass is 10.1. The molecule has 0 aromatic heterocycles. The zero-order valence-electron chi connectivity index (χ0n) is 7.24. The second-order valence-corrected chi connectivity index (χ2v) is 3.30. The molecule has 0 unspecified atom stereocenters. The molecule has 14 heavy (non-hydrogen) atoms. The van der Waals surface area contributed by atoms with Gasteiger partial charge in [-0.05, 0) is 15.9 Å². The first kappa shape index (κ1) is 10.6. The minimum Gasteiger partial charge on any atom is -0.504 e. The van der Waals surface area contributed by atoms with Crippen molar-refractivity contribution >= 4 is 27.6 Å². The largest absolute Gasteiger partial charge is 0.504 e. The number of carboxylic acid groups (broad SMARTS) is 1. The summed E-state index contributed by atoms with van der Waals surface area (Å²) in [5, 5.41) is 18.3. The quantitative estimate of drug-likeness (QED) is 0.554. The molecule has 0 bridgehead atoms. The molecule has 0 aliphatic heterocycles. The molecule has 0 saturated carbocycles. The van der Waals surface area contributed by atoms with E-state index in [-0.39, 0.29) is 21.5 Å². The number of aromatic hydroxyl groups is 1. The van der Waals surface area contributed by atoms with E-state index in [0.717, 1.165) is 0 Å². The number of phenols is 1. The van der Waals surface area contributed by atoms with Crippen molar-refractivity contribution in [3.05, 3.63) is 16.1 Å². The Morgan fingerprint density at radius 3 is 2.64 bits per heavy atom. The predicted molar refractivity (Wildman–Crippen MR) is 53.7 cm³/mol. The summed E-state index contributed by atoms with van der Waals surface area (Å²) in [6, 6.07) is 1.34. The maximum Gasteiger partial charge on any atom is 0.340 e. The lowest BCUT2D eigenvalue weighted by Gasteiger charge is -2.09. The van der Waals surface area contributed by atoms with Crippen LogP contribution < -0.4 is 10.5 Å². The third-order valence-corrected chi connectivity index (χ3v) is 2.52. The highest BCUT2D eigenvalue weighted by atomic mass is 79.9. The van der Waals surface area contributed by atoms with Crippen LogP contribution in [0, 0.1) is 0 Å². The van der Waals surface area contributed by atoms with Gasteiger partial charge in [0.05, 0.1) is 17.3 Å². The van der Waals surface area contributed by atoms with E-state index in [0.29, 0.717) is 0 Å². The molecular formula is C8H8BrNO4. The van der Waals surface area contributed by atoms with E-state index < -0.39 is 11.7 Å². The molecule has 0 heterocycles. The molecule has 0 spiro atoms. The van der Waals surface area contributed by atoms with Gasteiger partial charge in [0.2, 0.25) is 0 Å². The third-order valence-electron chi connectivity index (χ3n) is 1.66. The van der Waals surface area contributed by atoms with E-state index in [1.807, 2.05) is 0 Å². The molecule has 0 fully saturated rings. The zero-order chi connectivity index (χ0) is 10.9. The van der Waals surface area contributed by atoms with Crippen molar-refractivity contribution in [1.82, 2.24) is 0 Å². The highest BCUT2D eigenvalue weighted by molar-refractivity contribution is 9.10. The molecule has 0 atom stereocenters. The van der Waals surface area contributed by atoms with Crippen LogP contribution in [0.3, 0.4) is 0 Å². The maximum atomic E-state index is 10.8. The summed E-state index contributed by atoms with van der Waals surface area (Å²) in [4.78, 5) is 10.8. The van der Waals surface area contributed by atoms with E-state index in [1.165, 1.54) is 13.2 Å². The number of hydrogen-bond acceptors (Lipinski definition) is 4. The molecule has 0 radical (unpaired) electrons. The number of anilines is 1. The van der Waals surface area contributed by atoms with Gasteiger partial charge in [0.15, 0.2) is 11.5 Å². The van der Waals surface area contributed by atoms with E-state index >= 15 is 0 Å². The second-order valence-electron chi connectivity index (χ2n) is 2.51. The maximum absolute atomic E-state index is 10.8. The van der Waals surface area contributed by atoms with Gasteiger partial charge >= 0.3 is 5.97 Å². The van der Waals surface area contributed by atoms with Crippen LogP contribution in [0.25, 0.3) is 0 Å². The van der Waals surface area contributed by atoms with Crippen LogP contribution in [0.15, 0.2) is 10.5 Å². The Morgan fingerprint density at radius 1 is 1.64 bits per heavy atom. The van der Waals surface area contributed by atoms with Gasteiger partial charge in [-0.1, -0.05) is 0 Å². The van der Waals surface area contributed by atoms with Gasteiger partial charge in [0.25, 0.3) is 0 Å². The topological polar surface area (TPSA) is 92.8 Å². The number of methoxy groups -OCH3 is 1. The molecular weight excluding hydrogens is 254 g/mol. The molecule has 0 aliphatic rings. The Balaban J connectivity index is 3.53. The van der Waals surface area contributed by atoms with Gasteiger partial charge in [-0.15, -0.1) is 0 Å². The fraction of sp³-hybridized carbons (Fsp3) is 0.125. The summed E-state index contributed by atoms with van der Waals surface area (Å²) in [6.07, 6.45) is 0. The zero-order valence-corrected chi connectivity index (χ0v) is 8.83. The van der Waals surface area contributed by atoms with E-state index in [9.17, 15) is 9.90 Å². The lowest BCUT2D eigenvalue weighted by molar-refractivity contribution is 0.0692. The Morgan fingerprint density at radius 2 is 2.21 bits per heavy atom. The number of ether oxygens (including phenoxy) is 1. The molecule has 1 rings (SSSR count). The third kappa shape index (κ3) is 1.60. The molecule has 5 nitrogen and oxygen atoms in total. The highest BCUT2D eigenvalue weighted by Crippen LogP contribution is 2.39. The van der Waals surface area contributed by atoms with E-state index in [1.54, 1.807) is 0 Å². The number of halogens is 1. The average Bonchev–Trinajstić information content (AvgIpc) is 2.11. The first-order valence-electron chi connectivity index (χ1n) is 3.57. The first-order valence-corrected chi connectivity index (χ1v) is 4.36. The summed E-state index contributed by atoms with van der Waals surface area (Å²) in [7, 11) is 1.31. The molecule has 0 saturated heterocycles. The number of nitrogen functional groups attached to an aromatic ring is 1. The van der Waals surface area contributed by atoms with Gasteiger partial charge in [0, 0.05) is 6.07 Å². The summed E-state index contributed by atoms with van der Waals surface area (Å²) >= 11 is 2.97. The minimum absolute atomic E-state index is 0.0306. The normalized spacial score (nSPS) is 9.86.